The number of fused-ring (bicyclic) bond motifs is 2. The van der Waals surface area contributed by atoms with Gasteiger partial charge >= 0.3 is 0 Å². The number of carbonyl (C=O) groups is 1. The predicted octanol–water partition coefficient (Wildman–Crippen LogP) is 9.02. The number of aryl methyl sites for hydroxylation is 6. The zero-order valence-corrected chi connectivity index (χ0v) is 38.5. The Morgan fingerprint density at radius 1 is 0.618 bits per heavy atom. The highest BCUT2D eigenvalue weighted by atomic mass is 16.5. The van der Waals surface area contributed by atoms with E-state index < -0.39 is 5.60 Å². The average molecular weight is 905 g/mol. The third-order valence-electron chi connectivity index (χ3n) is 12.5. The van der Waals surface area contributed by atoms with Gasteiger partial charge in [-0.25, -0.2) is 9.97 Å². The number of imidazole rings is 2. The lowest BCUT2D eigenvalue weighted by atomic mass is 9.83. The van der Waals surface area contributed by atoms with Gasteiger partial charge in [0.15, 0.2) is 5.60 Å². The van der Waals surface area contributed by atoms with Crippen LogP contribution >= 0.6 is 0 Å². The van der Waals surface area contributed by atoms with E-state index >= 15 is 0 Å². The van der Waals surface area contributed by atoms with Crippen molar-refractivity contribution in [2.24, 2.45) is 14.1 Å². The summed E-state index contributed by atoms with van der Waals surface area (Å²) in [5, 5.41) is 36.2. The van der Waals surface area contributed by atoms with E-state index in [-0.39, 0.29) is 5.78 Å². The number of rotatable bonds is 9. The van der Waals surface area contributed by atoms with Gasteiger partial charge in [-0.05, 0) is 137 Å². The number of ketones is 1. The van der Waals surface area contributed by atoms with Crippen LogP contribution in [0.1, 0.15) is 105 Å². The van der Waals surface area contributed by atoms with Gasteiger partial charge in [-0.1, -0.05) is 22.4 Å². The van der Waals surface area contributed by atoms with Crippen molar-refractivity contribution in [2.45, 2.75) is 70.8 Å². The minimum Gasteiger partial charge on any atom is -0.373 e. The van der Waals surface area contributed by atoms with E-state index in [0.717, 1.165) is 98.8 Å². The Morgan fingerprint density at radius 3 is 1.63 bits per heavy atom. The van der Waals surface area contributed by atoms with Crippen molar-refractivity contribution in [1.29, 1.82) is 0 Å². The van der Waals surface area contributed by atoms with Crippen molar-refractivity contribution in [2.75, 3.05) is 0 Å². The van der Waals surface area contributed by atoms with Gasteiger partial charge in [-0.2, -0.15) is 20.4 Å². The summed E-state index contributed by atoms with van der Waals surface area (Å²) in [4.78, 5) is 32.1. The number of aromatic nitrogens is 12. The predicted molar refractivity (Wildman–Crippen MR) is 253 cm³/mol. The molecule has 2 fully saturated rings. The lowest BCUT2D eigenvalue weighted by Crippen LogP contribution is -2.32. The first-order valence-corrected chi connectivity index (χ1v) is 22.5. The van der Waals surface area contributed by atoms with Crippen LogP contribution in [0.5, 0.6) is 0 Å². The fraction of sp³-hybridized carbons (Fsp3) is 0.250. The van der Waals surface area contributed by atoms with E-state index in [1.807, 2.05) is 102 Å². The highest BCUT2D eigenvalue weighted by Crippen LogP contribution is 2.46. The van der Waals surface area contributed by atoms with Crippen molar-refractivity contribution >= 4 is 27.9 Å². The molecule has 2 aliphatic carbocycles. The van der Waals surface area contributed by atoms with E-state index in [1.54, 1.807) is 55.2 Å². The van der Waals surface area contributed by atoms with Gasteiger partial charge in [0, 0.05) is 73.6 Å². The minimum absolute atomic E-state index is 0.107. The number of aliphatic hydroxyl groups is 1. The molecule has 340 valence electrons. The summed E-state index contributed by atoms with van der Waals surface area (Å²) in [5.74, 6) is 4.32. The molecule has 0 radical (unpaired) electrons. The normalized spacial score (nSPS) is 14.2. The third-order valence-corrected chi connectivity index (χ3v) is 12.5. The Labute approximate surface area is 391 Å². The summed E-state index contributed by atoms with van der Waals surface area (Å²) in [6.07, 6.45) is 12.7. The molecule has 1 unspecified atom stereocenters. The zero-order valence-electron chi connectivity index (χ0n) is 38.5. The first-order valence-electron chi connectivity index (χ1n) is 22.5. The molecule has 8 aromatic heterocycles. The quantitative estimate of drug-likeness (QED) is 0.134. The molecule has 0 amide bonds. The number of benzene rings is 2. The molecule has 2 saturated carbocycles. The highest BCUT2D eigenvalue weighted by molar-refractivity contribution is 6.15. The van der Waals surface area contributed by atoms with Gasteiger partial charge in [0.2, 0.25) is 5.78 Å². The van der Waals surface area contributed by atoms with Crippen molar-refractivity contribution in [3.05, 3.63) is 179 Å². The van der Waals surface area contributed by atoms with E-state index in [2.05, 4.69) is 49.8 Å². The molecular formula is C52H48N12O4. The van der Waals surface area contributed by atoms with Gasteiger partial charge < -0.3 is 23.3 Å². The summed E-state index contributed by atoms with van der Waals surface area (Å²) in [5.41, 5.74) is 9.33. The summed E-state index contributed by atoms with van der Waals surface area (Å²) >= 11 is 0. The largest absolute Gasteiger partial charge is 0.373 e. The summed E-state index contributed by atoms with van der Waals surface area (Å²) < 4.78 is 15.0. The molecule has 2 aromatic carbocycles. The molecule has 0 saturated heterocycles. The van der Waals surface area contributed by atoms with Gasteiger partial charge in [0.05, 0.1) is 44.7 Å². The fourth-order valence-corrected chi connectivity index (χ4v) is 9.05. The van der Waals surface area contributed by atoms with Crippen LogP contribution in [0.3, 0.4) is 0 Å². The van der Waals surface area contributed by atoms with Crippen LogP contribution in [0.4, 0.5) is 0 Å². The van der Waals surface area contributed by atoms with Crippen LogP contribution < -0.4 is 0 Å². The second kappa shape index (κ2) is 17.9. The molecule has 0 aliphatic heterocycles. The Hall–Kier alpha value is -8.11. The molecule has 16 nitrogen and oxygen atoms in total. The minimum atomic E-state index is -1.66. The second-order valence-electron chi connectivity index (χ2n) is 17.3. The Kier molecular flexibility index (Phi) is 11.5. The van der Waals surface area contributed by atoms with Crippen LogP contribution in [0.15, 0.2) is 125 Å². The maximum Gasteiger partial charge on any atom is 0.213 e. The van der Waals surface area contributed by atoms with Gasteiger partial charge in [-0.3, -0.25) is 14.8 Å². The maximum absolute atomic E-state index is 13.4. The molecule has 16 heteroatoms. The van der Waals surface area contributed by atoms with Gasteiger partial charge in [-0.15, -0.1) is 0 Å². The number of pyridine rings is 2. The van der Waals surface area contributed by atoms with Crippen molar-refractivity contribution < 1.29 is 18.9 Å². The van der Waals surface area contributed by atoms with Crippen LogP contribution in [0, 0.1) is 27.7 Å². The lowest BCUT2D eigenvalue weighted by Gasteiger charge is -2.28. The zero-order chi connectivity index (χ0) is 47.1. The van der Waals surface area contributed by atoms with E-state index in [4.69, 9.17) is 19.0 Å². The van der Waals surface area contributed by atoms with E-state index in [9.17, 15) is 9.90 Å². The monoisotopic (exact) mass is 904 g/mol. The van der Waals surface area contributed by atoms with Crippen molar-refractivity contribution in [1.82, 2.24) is 59.8 Å². The standard InChI is InChI=1S/C26H24N6O2.C22H20N4O2.C4H4N2/c1-15-23(16(2)34-31-15)18-13-19(24-20(14-18)29-25(32(24)3)17-9-10-17)26(33,21-7-4-5-11-27-21)22-8-6-12-28-30-22;1-12-19(13(2)28-25-12)15-10-16(21(27)17-6-4-5-9-23-17)20-18(11-15)24-22(26(20)3)14-7-8-14;1-2-4-6-5-3-1/h4-8,11-14,17,33H,9-10H2,1-3H3;4-6,9-11,14H,7-8H2,1-3H3;1-4H. The van der Waals surface area contributed by atoms with Crippen LogP contribution in [0.25, 0.3) is 44.3 Å². The summed E-state index contributed by atoms with van der Waals surface area (Å²) in [6.45, 7) is 7.59. The van der Waals surface area contributed by atoms with Crippen LogP contribution in [-0.2, 0) is 19.7 Å². The number of hydrogen-bond donors (Lipinski definition) is 1. The lowest BCUT2D eigenvalue weighted by molar-refractivity contribution is 0.103. The maximum atomic E-state index is 13.4. The molecular weight excluding hydrogens is 857 g/mol. The number of hydrogen-bond acceptors (Lipinski definition) is 14. The van der Waals surface area contributed by atoms with Crippen molar-refractivity contribution in [3.63, 3.8) is 0 Å². The molecule has 0 bridgehead atoms. The second-order valence-corrected chi connectivity index (χ2v) is 17.3. The number of nitrogens with zero attached hydrogens (tertiary/aromatic N) is 12. The number of carbonyl (C=O) groups excluding carboxylic acids is 1. The highest BCUT2D eigenvalue weighted by Gasteiger charge is 2.41. The molecule has 0 spiro atoms. The summed E-state index contributed by atoms with van der Waals surface area (Å²) in [7, 11) is 4.01. The molecule has 8 heterocycles. The Bertz CT molecular complexity index is 3310. The first kappa shape index (κ1) is 43.8. The SMILES string of the molecule is Cc1noc(C)c1-c1cc(C(=O)c2ccccn2)c2c(c1)nc(C1CC1)n2C.Cc1noc(C)c1-c1cc(C(O)(c2ccccn2)c2cccnn2)c2c(c1)nc(C1CC1)n2C.c1ccnnc1. The van der Waals surface area contributed by atoms with Gasteiger partial charge in [0.1, 0.15) is 34.6 Å². The first-order chi connectivity index (χ1) is 33.0. The van der Waals surface area contributed by atoms with Gasteiger partial charge in [0.25, 0.3) is 0 Å². The van der Waals surface area contributed by atoms with Crippen LogP contribution in [0.2, 0.25) is 0 Å². The van der Waals surface area contributed by atoms with E-state index in [0.29, 0.717) is 45.8 Å². The average Bonchev–Trinajstić information content (AvgIpc) is 4.29. The molecule has 10 aromatic rings. The molecule has 1 atom stereocenters. The molecule has 1 N–H and O–H groups in total. The van der Waals surface area contributed by atoms with E-state index in [1.165, 1.54) is 0 Å². The third kappa shape index (κ3) is 8.12. The molecule has 2 aliphatic rings. The fourth-order valence-electron chi connectivity index (χ4n) is 9.05. The Balaban J connectivity index is 0.000000143. The topological polar surface area (TPSA) is 202 Å². The van der Waals surface area contributed by atoms with Crippen molar-refractivity contribution in [3.8, 4) is 22.3 Å². The Morgan fingerprint density at radius 2 is 1.15 bits per heavy atom. The smallest absolute Gasteiger partial charge is 0.213 e. The molecule has 12 rings (SSSR count). The summed E-state index contributed by atoms with van der Waals surface area (Å²) in [6, 6.07) is 26.0. The van der Waals surface area contributed by atoms with Crippen LogP contribution in [-0.4, -0.2) is 70.7 Å². The molecule has 68 heavy (non-hydrogen) atoms.